The molecule has 0 saturated heterocycles. The van der Waals surface area contributed by atoms with Crippen LogP contribution >= 0.6 is 0 Å². The van der Waals surface area contributed by atoms with E-state index >= 15 is 0 Å². The molecule has 0 aliphatic carbocycles. The summed E-state index contributed by atoms with van der Waals surface area (Å²) in [5, 5.41) is 2.87. The molecule has 1 unspecified atom stereocenters. The van der Waals surface area contributed by atoms with Gasteiger partial charge in [-0.25, -0.2) is 8.42 Å². The lowest BCUT2D eigenvalue weighted by atomic mass is 10.1. The number of rotatable bonds is 13. The lowest BCUT2D eigenvalue weighted by molar-refractivity contribution is -0.139. The largest absolute Gasteiger partial charge is 0.489 e. The van der Waals surface area contributed by atoms with E-state index in [9.17, 15) is 18.0 Å². The van der Waals surface area contributed by atoms with Crippen LogP contribution in [-0.4, -0.2) is 50.5 Å². The van der Waals surface area contributed by atoms with Crippen LogP contribution in [0.15, 0.2) is 84.9 Å². The number of benzene rings is 3. The highest BCUT2D eigenvalue weighted by Crippen LogP contribution is 2.23. The zero-order valence-corrected chi connectivity index (χ0v) is 23.7. The second kappa shape index (κ2) is 13.8. The van der Waals surface area contributed by atoms with Gasteiger partial charge in [0.1, 0.15) is 24.9 Å². The Bertz CT molecular complexity index is 1310. The zero-order chi connectivity index (χ0) is 28.4. The van der Waals surface area contributed by atoms with Crippen molar-refractivity contribution in [2.75, 3.05) is 23.7 Å². The maximum absolute atomic E-state index is 13.6. The summed E-state index contributed by atoms with van der Waals surface area (Å²) < 4.78 is 32.4. The fourth-order valence-electron chi connectivity index (χ4n) is 3.88. The first-order valence-electron chi connectivity index (χ1n) is 12.9. The van der Waals surface area contributed by atoms with Gasteiger partial charge in [-0.1, -0.05) is 74.5 Å². The zero-order valence-electron chi connectivity index (χ0n) is 22.9. The van der Waals surface area contributed by atoms with E-state index < -0.39 is 28.5 Å². The Kier molecular flexibility index (Phi) is 10.5. The number of carbonyl (C=O) groups is 2. The number of amides is 2. The van der Waals surface area contributed by atoms with E-state index in [2.05, 4.69) is 5.32 Å². The average molecular weight is 552 g/mol. The molecule has 0 saturated carbocycles. The smallest absolute Gasteiger partial charge is 0.244 e. The van der Waals surface area contributed by atoms with Gasteiger partial charge in [0.2, 0.25) is 21.8 Å². The Morgan fingerprint density at radius 2 is 1.41 bits per heavy atom. The predicted molar refractivity (Wildman–Crippen MR) is 154 cm³/mol. The van der Waals surface area contributed by atoms with Crippen LogP contribution in [0.4, 0.5) is 5.69 Å². The molecule has 3 aromatic rings. The molecule has 208 valence electrons. The Balaban J connectivity index is 1.79. The second-order valence-electron chi connectivity index (χ2n) is 9.86. The molecule has 0 aliphatic heterocycles. The van der Waals surface area contributed by atoms with E-state index in [0.717, 1.165) is 21.7 Å². The minimum atomic E-state index is -3.81. The van der Waals surface area contributed by atoms with Gasteiger partial charge in [-0.05, 0) is 48.2 Å². The van der Waals surface area contributed by atoms with E-state index in [-0.39, 0.29) is 18.4 Å². The van der Waals surface area contributed by atoms with Gasteiger partial charge in [0.25, 0.3) is 0 Å². The molecule has 0 bridgehead atoms. The summed E-state index contributed by atoms with van der Waals surface area (Å²) >= 11 is 0. The number of sulfonamides is 1. The molecule has 1 atom stereocenters. The number of hydrogen-bond donors (Lipinski definition) is 1. The van der Waals surface area contributed by atoms with Crippen LogP contribution in [0.2, 0.25) is 0 Å². The van der Waals surface area contributed by atoms with Gasteiger partial charge in [0.15, 0.2) is 0 Å². The van der Waals surface area contributed by atoms with E-state index in [1.54, 1.807) is 31.2 Å². The van der Waals surface area contributed by atoms with Crippen LogP contribution < -0.4 is 14.4 Å². The molecule has 1 N–H and O–H groups in total. The maximum Gasteiger partial charge on any atom is 0.244 e. The van der Waals surface area contributed by atoms with Crippen molar-refractivity contribution in [3.63, 3.8) is 0 Å². The molecule has 0 radical (unpaired) electrons. The Hall–Kier alpha value is -3.85. The lowest BCUT2D eigenvalue weighted by Crippen LogP contribution is -2.51. The fraction of sp³-hybridized carbons (Fsp3) is 0.333. The van der Waals surface area contributed by atoms with Crippen LogP contribution in [0, 0.1) is 5.92 Å². The van der Waals surface area contributed by atoms with Gasteiger partial charge in [-0.15, -0.1) is 0 Å². The summed E-state index contributed by atoms with van der Waals surface area (Å²) in [6.07, 6.45) is 1.06. The Morgan fingerprint density at radius 1 is 0.846 bits per heavy atom. The van der Waals surface area contributed by atoms with Crippen molar-refractivity contribution in [2.45, 2.75) is 40.0 Å². The summed E-state index contributed by atoms with van der Waals surface area (Å²) in [6.45, 7) is 6.20. The SMILES string of the molecule is CC(C)CNC(=O)C(C)N(Cc1ccccc1)C(=O)CN(c1ccc(OCc2ccccc2)cc1)S(C)(=O)=O. The monoisotopic (exact) mass is 551 g/mol. The molecule has 0 fully saturated rings. The molecule has 3 rings (SSSR count). The van der Waals surface area contributed by atoms with Crippen molar-refractivity contribution < 1.29 is 22.7 Å². The first-order chi connectivity index (χ1) is 18.5. The topological polar surface area (TPSA) is 96.0 Å². The van der Waals surface area contributed by atoms with E-state index in [1.807, 2.05) is 74.5 Å². The quantitative estimate of drug-likeness (QED) is 0.343. The van der Waals surface area contributed by atoms with Crippen LogP contribution in [0.25, 0.3) is 0 Å². The number of hydrogen-bond acceptors (Lipinski definition) is 5. The molecular formula is C30H37N3O5S. The summed E-state index contributed by atoms with van der Waals surface area (Å²) in [5.41, 5.74) is 2.17. The minimum Gasteiger partial charge on any atom is -0.489 e. The standard InChI is InChI=1S/C30H37N3O5S/c1-23(2)19-31-30(35)24(3)32(20-25-11-7-5-8-12-25)29(34)21-33(39(4,36)37)27-15-17-28(18-16-27)38-22-26-13-9-6-10-14-26/h5-18,23-24H,19-22H2,1-4H3,(H,31,35). The van der Waals surface area contributed by atoms with E-state index in [0.29, 0.717) is 24.6 Å². The minimum absolute atomic E-state index is 0.166. The maximum atomic E-state index is 13.6. The highest BCUT2D eigenvalue weighted by molar-refractivity contribution is 7.92. The molecule has 8 nitrogen and oxygen atoms in total. The second-order valence-corrected chi connectivity index (χ2v) is 11.8. The summed E-state index contributed by atoms with van der Waals surface area (Å²) in [5.74, 6) is 0.0445. The number of nitrogens with one attached hydrogen (secondary N) is 1. The summed E-state index contributed by atoms with van der Waals surface area (Å²) in [6, 6.07) is 24.8. The number of anilines is 1. The van der Waals surface area contributed by atoms with Gasteiger partial charge in [-0.2, -0.15) is 0 Å². The van der Waals surface area contributed by atoms with Crippen LogP contribution in [0.1, 0.15) is 31.9 Å². The Labute approximate surface area is 231 Å². The van der Waals surface area contributed by atoms with Crippen molar-refractivity contribution in [2.24, 2.45) is 5.92 Å². The molecule has 0 heterocycles. The van der Waals surface area contributed by atoms with E-state index in [4.69, 9.17) is 4.74 Å². The van der Waals surface area contributed by atoms with Gasteiger partial charge in [0.05, 0.1) is 11.9 Å². The van der Waals surface area contributed by atoms with E-state index in [1.165, 1.54) is 4.90 Å². The lowest BCUT2D eigenvalue weighted by Gasteiger charge is -2.31. The molecule has 3 aromatic carbocycles. The van der Waals surface area contributed by atoms with Crippen molar-refractivity contribution in [3.05, 3.63) is 96.1 Å². The third-order valence-corrected chi connectivity index (χ3v) is 7.24. The Morgan fingerprint density at radius 3 is 1.95 bits per heavy atom. The molecule has 0 spiro atoms. The first kappa shape index (κ1) is 29.7. The number of ether oxygens (including phenoxy) is 1. The average Bonchev–Trinajstić information content (AvgIpc) is 2.92. The fourth-order valence-corrected chi connectivity index (χ4v) is 4.73. The molecule has 2 amide bonds. The third kappa shape index (κ3) is 9.14. The third-order valence-electron chi connectivity index (χ3n) is 6.10. The van der Waals surface area contributed by atoms with Crippen molar-refractivity contribution in [1.82, 2.24) is 10.2 Å². The van der Waals surface area contributed by atoms with Crippen LogP contribution in [0.5, 0.6) is 5.75 Å². The normalized spacial score (nSPS) is 12.0. The first-order valence-corrected chi connectivity index (χ1v) is 14.7. The van der Waals surface area contributed by atoms with Gasteiger partial charge in [-0.3, -0.25) is 13.9 Å². The molecular weight excluding hydrogens is 514 g/mol. The van der Waals surface area contributed by atoms with Gasteiger partial charge in [0, 0.05) is 13.1 Å². The van der Waals surface area contributed by atoms with Crippen LogP contribution in [0.3, 0.4) is 0 Å². The predicted octanol–water partition coefficient (Wildman–Crippen LogP) is 4.22. The van der Waals surface area contributed by atoms with Gasteiger partial charge >= 0.3 is 0 Å². The van der Waals surface area contributed by atoms with Gasteiger partial charge < -0.3 is 15.0 Å². The van der Waals surface area contributed by atoms with Crippen molar-refractivity contribution in [3.8, 4) is 5.75 Å². The summed E-state index contributed by atoms with van der Waals surface area (Å²) in [7, 11) is -3.81. The molecule has 9 heteroatoms. The molecule has 39 heavy (non-hydrogen) atoms. The van der Waals surface area contributed by atoms with Crippen molar-refractivity contribution >= 4 is 27.5 Å². The summed E-state index contributed by atoms with van der Waals surface area (Å²) in [4.78, 5) is 27.9. The van der Waals surface area contributed by atoms with Crippen LogP contribution in [-0.2, 0) is 32.8 Å². The highest BCUT2D eigenvalue weighted by Gasteiger charge is 2.30. The number of carbonyl (C=O) groups excluding carboxylic acids is 2. The van der Waals surface area contributed by atoms with Crippen molar-refractivity contribution in [1.29, 1.82) is 0 Å². The molecule has 0 aromatic heterocycles. The number of nitrogens with zero attached hydrogens (tertiary/aromatic N) is 2. The molecule has 0 aliphatic rings. The highest BCUT2D eigenvalue weighted by atomic mass is 32.2.